The molecule has 0 radical (unpaired) electrons. The molecular formula is C10H13BrN2O4S. The minimum atomic E-state index is -3.63. The lowest BCUT2D eigenvalue weighted by molar-refractivity contribution is 0.159. The first kappa shape index (κ1) is 14.9. The summed E-state index contributed by atoms with van der Waals surface area (Å²) in [6, 6.07) is 4.89. The largest absolute Gasteiger partial charge is 0.448 e. The molecule has 0 bridgehead atoms. The van der Waals surface area contributed by atoms with Crippen LogP contribution in [0.25, 0.3) is 0 Å². The third-order valence-corrected chi connectivity index (χ3v) is 4.45. The normalized spacial score (nSPS) is 11.2. The quantitative estimate of drug-likeness (QED) is 0.787. The number of aryl methyl sites for hydroxylation is 1. The molecule has 0 aromatic heterocycles. The smallest absolute Gasteiger partial charge is 0.404 e. The predicted molar refractivity (Wildman–Crippen MR) is 69.6 cm³/mol. The SMILES string of the molecule is Cc1ccc(S(=O)(=O)NCCOC(N)=O)c(Br)c1. The van der Waals surface area contributed by atoms with E-state index in [0.29, 0.717) is 4.47 Å². The molecule has 1 amide bonds. The summed E-state index contributed by atoms with van der Waals surface area (Å²) < 4.78 is 31.0. The fourth-order valence-electron chi connectivity index (χ4n) is 1.23. The van der Waals surface area contributed by atoms with Gasteiger partial charge < -0.3 is 10.5 Å². The van der Waals surface area contributed by atoms with E-state index in [4.69, 9.17) is 5.73 Å². The zero-order valence-electron chi connectivity index (χ0n) is 9.64. The van der Waals surface area contributed by atoms with Crippen molar-refractivity contribution in [1.82, 2.24) is 4.72 Å². The molecule has 100 valence electrons. The van der Waals surface area contributed by atoms with Crippen LogP contribution in [0, 0.1) is 6.92 Å². The Labute approximate surface area is 114 Å². The lowest BCUT2D eigenvalue weighted by atomic mass is 10.2. The Morgan fingerprint density at radius 3 is 2.72 bits per heavy atom. The number of rotatable bonds is 5. The van der Waals surface area contributed by atoms with Crippen molar-refractivity contribution in [1.29, 1.82) is 0 Å². The van der Waals surface area contributed by atoms with Gasteiger partial charge in [0.05, 0.1) is 4.90 Å². The predicted octanol–water partition coefficient (Wildman–Crippen LogP) is 1.13. The summed E-state index contributed by atoms with van der Waals surface area (Å²) in [5.74, 6) is 0. The van der Waals surface area contributed by atoms with E-state index in [0.717, 1.165) is 5.56 Å². The first-order chi connectivity index (χ1) is 8.33. The van der Waals surface area contributed by atoms with Crippen molar-refractivity contribution in [2.24, 2.45) is 5.73 Å². The van der Waals surface area contributed by atoms with Crippen LogP contribution >= 0.6 is 15.9 Å². The number of halogens is 1. The van der Waals surface area contributed by atoms with E-state index in [1.807, 2.05) is 6.92 Å². The van der Waals surface area contributed by atoms with Gasteiger partial charge in [0.15, 0.2) is 0 Å². The van der Waals surface area contributed by atoms with Crippen molar-refractivity contribution in [2.45, 2.75) is 11.8 Å². The summed E-state index contributed by atoms with van der Waals surface area (Å²) >= 11 is 3.19. The summed E-state index contributed by atoms with van der Waals surface area (Å²) in [5, 5.41) is 0. The molecule has 1 rings (SSSR count). The second-order valence-corrected chi connectivity index (χ2v) is 6.09. The summed E-state index contributed by atoms with van der Waals surface area (Å²) in [7, 11) is -3.63. The van der Waals surface area contributed by atoms with Gasteiger partial charge >= 0.3 is 6.09 Å². The molecule has 3 N–H and O–H groups in total. The van der Waals surface area contributed by atoms with E-state index in [1.54, 1.807) is 12.1 Å². The maximum absolute atomic E-state index is 11.9. The fraction of sp³-hybridized carbons (Fsp3) is 0.300. The molecular weight excluding hydrogens is 324 g/mol. The van der Waals surface area contributed by atoms with Crippen molar-refractivity contribution in [3.63, 3.8) is 0 Å². The number of nitrogens with two attached hydrogens (primary N) is 1. The molecule has 0 aliphatic heterocycles. The zero-order chi connectivity index (χ0) is 13.8. The number of ether oxygens (including phenoxy) is 1. The molecule has 1 aromatic carbocycles. The Kier molecular flexibility index (Phi) is 5.12. The fourth-order valence-corrected chi connectivity index (χ4v) is 3.43. The summed E-state index contributed by atoms with van der Waals surface area (Å²) in [5.41, 5.74) is 5.69. The van der Waals surface area contributed by atoms with Crippen LogP contribution in [0.1, 0.15) is 5.56 Å². The summed E-state index contributed by atoms with van der Waals surface area (Å²) in [6.45, 7) is 1.71. The van der Waals surface area contributed by atoms with Gasteiger partial charge in [0.1, 0.15) is 6.61 Å². The number of sulfonamides is 1. The topological polar surface area (TPSA) is 98.5 Å². The van der Waals surface area contributed by atoms with Crippen LogP contribution < -0.4 is 10.5 Å². The van der Waals surface area contributed by atoms with Gasteiger partial charge in [-0.25, -0.2) is 17.9 Å². The first-order valence-corrected chi connectivity index (χ1v) is 7.28. The van der Waals surface area contributed by atoms with Gasteiger partial charge in [-0.15, -0.1) is 0 Å². The van der Waals surface area contributed by atoms with Crippen LogP contribution in [-0.4, -0.2) is 27.7 Å². The Bertz CT molecular complexity index is 545. The highest BCUT2D eigenvalue weighted by molar-refractivity contribution is 9.10. The van der Waals surface area contributed by atoms with Gasteiger partial charge in [-0.05, 0) is 40.5 Å². The third kappa shape index (κ3) is 4.28. The standard InChI is InChI=1S/C10H13BrN2O4S/c1-7-2-3-9(8(11)6-7)18(15,16)13-4-5-17-10(12)14/h2-3,6,13H,4-5H2,1H3,(H2,12,14). The van der Waals surface area contributed by atoms with Crippen LogP contribution in [0.15, 0.2) is 27.6 Å². The van der Waals surface area contributed by atoms with E-state index >= 15 is 0 Å². The molecule has 1 aromatic rings. The maximum Gasteiger partial charge on any atom is 0.404 e. The second kappa shape index (κ2) is 6.17. The van der Waals surface area contributed by atoms with E-state index in [-0.39, 0.29) is 18.0 Å². The van der Waals surface area contributed by atoms with Gasteiger partial charge in [0, 0.05) is 11.0 Å². The number of nitrogens with one attached hydrogen (secondary N) is 1. The Balaban J connectivity index is 2.71. The molecule has 0 aliphatic rings. The minimum Gasteiger partial charge on any atom is -0.448 e. The zero-order valence-corrected chi connectivity index (χ0v) is 12.0. The second-order valence-electron chi connectivity index (χ2n) is 3.50. The molecule has 0 heterocycles. The van der Waals surface area contributed by atoms with Gasteiger partial charge in [-0.2, -0.15) is 0 Å². The Morgan fingerprint density at radius 1 is 1.50 bits per heavy atom. The number of carbonyl (C=O) groups is 1. The molecule has 0 unspecified atom stereocenters. The van der Waals surface area contributed by atoms with Gasteiger partial charge in [-0.3, -0.25) is 0 Å². The highest BCUT2D eigenvalue weighted by atomic mass is 79.9. The molecule has 0 fully saturated rings. The van der Waals surface area contributed by atoms with Gasteiger partial charge in [-0.1, -0.05) is 6.07 Å². The molecule has 0 spiro atoms. The summed E-state index contributed by atoms with van der Waals surface area (Å²) in [6.07, 6.45) is -0.939. The average Bonchev–Trinajstić information content (AvgIpc) is 2.23. The van der Waals surface area contributed by atoms with E-state index in [2.05, 4.69) is 25.4 Å². The molecule has 8 heteroatoms. The molecule has 0 saturated heterocycles. The number of amides is 1. The lowest BCUT2D eigenvalue weighted by Crippen LogP contribution is -2.29. The first-order valence-electron chi connectivity index (χ1n) is 5.01. The van der Waals surface area contributed by atoms with Crippen molar-refractivity contribution in [2.75, 3.05) is 13.2 Å². The molecule has 0 atom stereocenters. The number of carbonyl (C=O) groups excluding carboxylic acids is 1. The van der Waals surface area contributed by atoms with Crippen molar-refractivity contribution in [3.05, 3.63) is 28.2 Å². The van der Waals surface area contributed by atoms with Crippen molar-refractivity contribution < 1.29 is 17.9 Å². The molecule has 0 aliphatic carbocycles. The van der Waals surface area contributed by atoms with Crippen molar-refractivity contribution >= 4 is 32.0 Å². The molecule has 18 heavy (non-hydrogen) atoms. The highest BCUT2D eigenvalue weighted by Gasteiger charge is 2.16. The Hall–Kier alpha value is -1.12. The number of benzene rings is 1. The van der Waals surface area contributed by atoms with Crippen LogP contribution in [0.2, 0.25) is 0 Å². The van der Waals surface area contributed by atoms with Crippen molar-refractivity contribution in [3.8, 4) is 0 Å². The lowest BCUT2D eigenvalue weighted by Gasteiger charge is -2.08. The highest BCUT2D eigenvalue weighted by Crippen LogP contribution is 2.22. The third-order valence-electron chi connectivity index (χ3n) is 2.02. The van der Waals surface area contributed by atoms with Gasteiger partial charge in [0.2, 0.25) is 10.0 Å². The van der Waals surface area contributed by atoms with Crippen LogP contribution in [-0.2, 0) is 14.8 Å². The monoisotopic (exact) mass is 336 g/mol. The Morgan fingerprint density at radius 2 is 2.17 bits per heavy atom. The number of primary amides is 1. The van der Waals surface area contributed by atoms with Gasteiger partial charge in [0.25, 0.3) is 0 Å². The maximum atomic E-state index is 11.9. The summed E-state index contributed by atoms with van der Waals surface area (Å²) in [4.78, 5) is 10.4. The number of hydrogen-bond donors (Lipinski definition) is 2. The minimum absolute atomic E-state index is 0.0361. The van der Waals surface area contributed by atoms with Crippen LogP contribution in [0.4, 0.5) is 4.79 Å². The van der Waals surface area contributed by atoms with Crippen LogP contribution in [0.3, 0.4) is 0 Å². The molecule has 0 saturated carbocycles. The van der Waals surface area contributed by atoms with E-state index in [1.165, 1.54) is 6.07 Å². The number of hydrogen-bond acceptors (Lipinski definition) is 4. The average molecular weight is 337 g/mol. The van der Waals surface area contributed by atoms with E-state index in [9.17, 15) is 13.2 Å². The van der Waals surface area contributed by atoms with Crippen LogP contribution in [0.5, 0.6) is 0 Å². The molecule has 6 nitrogen and oxygen atoms in total. The van der Waals surface area contributed by atoms with E-state index < -0.39 is 16.1 Å².